The Hall–Kier alpha value is 1.73. The molecule has 2 atom stereocenters. The van der Waals surface area contributed by atoms with Gasteiger partial charge in [-0.25, -0.2) is 63.8 Å². The van der Waals surface area contributed by atoms with Crippen LogP contribution < -0.4 is 24.8 Å². The van der Waals surface area contributed by atoms with E-state index in [0.29, 0.717) is 0 Å². The Labute approximate surface area is 203 Å². The van der Waals surface area contributed by atoms with E-state index in [1.807, 2.05) is 36.4 Å². The predicted octanol–water partition coefficient (Wildman–Crippen LogP) is 0.811. The van der Waals surface area contributed by atoms with E-state index in [1.165, 1.54) is 15.7 Å². The van der Waals surface area contributed by atoms with Crippen LogP contribution in [0.3, 0.4) is 0 Å². The van der Waals surface area contributed by atoms with Crippen LogP contribution in [-0.4, -0.2) is 0 Å². The molecule has 0 amide bonds. The van der Waals surface area contributed by atoms with Crippen molar-refractivity contribution in [2.45, 2.75) is 12.8 Å². The van der Waals surface area contributed by atoms with Crippen LogP contribution >= 0.6 is 31.5 Å². The van der Waals surface area contributed by atoms with E-state index in [4.69, 9.17) is 0 Å². The molecule has 0 N–H and O–H groups in total. The Bertz CT molecular complexity index is 407. The third-order valence-electron chi connectivity index (χ3n) is 1.89. The minimum Gasteiger partial charge on any atom is -1.00 e. The van der Waals surface area contributed by atoms with Crippen molar-refractivity contribution in [2.24, 2.45) is 0 Å². The fourth-order valence-corrected chi connectivity index (χ4v) is 4.03. The van der Waals surface area contributed by atoms with Gasteiger partial charge in [-0.1, -0.05) is 0 Å². The van der Waals surface area contributed by atoms with Gasteiger partial charge in [-0.05, 0) is 0 Å². The maximum atomic E-state index is 3.03. The molecule has 0 aliphatic heterocycles. The zero-order chi connectivity index (χ0) is 14.1. The summed E-state index contributed by atoms with van der Waals surface area (Å²) in [7, 11) is 4.69. The maximum Gasteiger partial charge on any atom is 2.00 e. The third-order valence-corrected chi connectivity index (χ3v) is 5.78. The Morgan fingerprint density at radius 1 is 0.708 bits per heavy atom. The van der Waals surface area contributed by atoms with Crippen LogP contribution in [0.4, 0.5) is 0 Å². The topological polar surface area (TPSA) is 0 Å². The normalized spacial score (nSPS) is 12.0. The summed E-state index contributed by atoms with van der Waals surface area (Å²) in [5.41, 5.74) is 0. The van der Waals surface area contributed by atoms with Crippen molar-refractivity contribution in [3.05, 3.63) is 83.9 Å². The zero-order valence-corrected chi connectivity index (χ0v) is 23.1. The molecule has 4 rings (SSSR count). The van der Waals surface area contributed by atoms with Gasteiger partial charge in [0.2, 0.25) is 0 Å². The molecule has 2 aromatic rings. The Morgan fingerprint density at radius 3 is 1.21 bits per heavy atom. The SMILES string of the molecule is [C-]1=CC=CC1.[C-]1=CC=CC1.[Cl-].[Cl-].[Zr+2].[Zr+2].[c-]1cc[pH]p1.[c-]1cc[pH]p1. The van der Waals surface area contributed by atoms with Crippen molar-refractivity contribution >= 4 is 31.5 Å². The molecule has 2 aliphatic rings. The van der Waals surface area contributed by atoms with Gasteiger partial charge >= 0.3 is 52.4 Å². The number of allylic oxidation sites excluding steroid dienone is 8. The summed E-state index contributed by atoms with van der Waals surface area (Å²) in [5, 5.41) is 0. The first-order chi connectivity index (χ1) is 10.0. The van der Waals surface area contributed by atoms with Crippen molar-refractivity contribution < 1.29 is 77.2 Å². The Kier molecular flexibility index (Phi) is 40.9. The van der Waals surface area contributed by atoms with Crippen molar-refractivity contribution in [3.63, 3.8) is 0 Å². The van der Waals surface area contributed by atoms with E-state index in [9.17, 15) is 0 Å². The van der Waals surface area contributed by atoms with Crippen LogP contribution in [0.1, 0.15) is 12.8 Å². The second-order valence-electron chi connectivity index (χ2n) is 3.41. The molecule has 0 fully saturated rings. The molecule has 2 aliphatic carbocycles. The first-order valence-electron chi connectivity index (χ1n) is 6.15. The predicted molar refractivity (Wildman–Crippen MR) is 97.7 cm³/mol. The van der Waals surface area contributed by atoms with Crippen molar-refractivity contribution in [2.75, 3.05) is 0 Å². The molecule has 2 aromatic heterocycles. The molecule has 0 nitrogen and oxygen atoms in total. The van der Waals surface area contributed by atoms with Gasteiger partial charge in [0, 0.05) is 0 Å². The Balaban J connectivity index is -0.000000105. The molecule has 0 saturated carbocycles. The quantitative estimate of drug-likeness (QED) is 0.402. The van der Waals surface area contributed by atoms with Gasteiger partial charge in [0.05, 0.1) is 0 Å². The third kappa shape index (κ3) is 26.0. The standard InChI is InChI=1S/2C5H5.2C3H3P2.2ClH.2Zr/c4*1-2-4-5-3-1;;;;/h2*1-3H,4H2;2*1-2,4H;2*1H;;/q4*-1;;;2*+2/p-2. The molecule has 0 bridgehead atoms. The van der Waals surface area contributed by atoms with Gasteiger partial charge in [0.1, 0.15) is 0 Å². The summed E-state index contributed by atoms with van der Waals surface area (Å²) >= 11 is 0. The first kappa shape index (κ1) is 33.3. The molecule has 2 unspecified atom stereocenters. The summed E-state index contributed by atoms with van der Waals surface area (Å²) in [6.07, 6.45) is 20.0. The van der Waals surface area contributed by atoms with Crippen molar-refractivity contribution in [3.8, 4) is 0 Å². The van der Waals surface area contributed by atoms with Gasteiger partial charge in [0.25, 0.3) is 0 Å². The largest absolute Gasteiger partial charge is 2.00 e. The van der Waals surface area contributed by atoms with E-state index < -0.39 is 0 Å². The maximum absolute atomic E-state index is 3.03. The molecule has 2 heterocycles. The van der Waals surface area contributed by atoms with E-state index in [2.05, 4.69) is 47.5 Å². The molecule has 0 aromatic carbocycles. The van der Waals surface area contributed by atoms with E-state index in [-0.39, 0.29) is 77.2 Å². The summed E-state index contributed by atoms with van der Waals surface area (Å²) in [6.45, 7) is 0. The fraction of sp³-hybridized carbons (Fsp3) is 0.125. The number of hydrogen-bond acceptors (Lipinski definition) is 0. The second-order valence-corrected chi connectivity index (χ2v) is 8.45. The van der Waals surface area contributed by atoms with Crippen LogP contribution in [0.5, 0.6) is 0 Å². The molecule has 0 saturated heterocycles. The average molecular weight is 586 g/mol. The van der Waals surface area contributed by atoms with Crippen molar-refractivity contribution in [1.82, 2.24) is 0 Å². The van der Waals surface area contributed by atoms with E-state index in [0.717, 1.165) is 28.6 Å². The minimum absolute atomic E-state index is 0. The molecule has 0 spiro atoms. The zero-order valence-electron chi connectivity index (χ0n) is 12.8. The molecule has 24 heavy (non-hydrogen) atoms. The van der Waals surface area contributed by atoms with Gasteiger partial charge in [-0.3, -0.25) is 12.2 Å². The first-order valence-corrected chi connectivity index (χ1v) is 11.8. The summed E-state index contributed by atoms with van der Waals surface area (Å²) in [6, 6.07) is 3.97. The van der Waals surface area contributed by atoms with Crippen LogP contribution in [0, 0.1) is 23.7 Å². The van der Waals surface area contributed by atoms with Crippen molar-refractivity contribution in [1.29, 1.82) is 0 Å². The molecule has 124 valence electrons. The summed E-state index contributed by atoms with van der Waals surface area (Å²) in [4.78, 5) is 0. The van der Waals surface area contributed by atoms with Gasteiger partial charge in [-0.15, -0.1) is 12.8 Å². The molecular formula is C16H16Cl2P4Zr2-2. The number of halogens is 2. The van der Waals surface area contributed by atoms with Gasteiger partial charge in [0.15, 0.2) is 0 Å². The summed E-state index contributed by atoms with van der Waals surface area (Å²) in [5.74, 6) is 10.3. The molecule has 0 radical (unpaired) electrons. The van der Waals surface area contributed by atoms with Crippen LogP contribution in [0.25, 0.3) is 0 Å². The van der Waals surface area contributed by atoms with E-state index in [1.54, 1.807) is 0 Å². The van der Waals surface area contributed by atoms with Gasteiger partial charge in [-0.2, -0.15) is 39.5 Å². The number of hydrogen-bond donors (Lipinski definition) is 0. The second kappa shape index (κ2) is 29.5. The van der Waals surface area contributed by atoms with Gasteiger partial charge < -0.3 is 24.8 Å². The van der Waals surface area contributed by atoms with E-state index >= 15 is 0 Å². The van der Waals surface area contributed by atoms with Crippen LogP contribution in [0.2, 0.25) is 0 Å². The Morgan fingerprint density at radius 2 is 1.12 bits per heavy atom. The number of rotatable bonds is 0. The average Bonchev–Trinajstić information content (AvgIpc) is 3.40. The van der Waals surface area contributed by atoms with Crippen LogP contribution in [-0.2, 0) is 52.4 Å². The smallest absolute Gasteiger partial charge is 1.00 e. The minimum atomic E-state index is 0. The summed E-state index contributed by atoms with van der Waals surface area (Å²) < 4.78 is 0. The monoisotopic (exact) mass is 582 g/mol. The van der Waals surface area contributed by atoms with Crippen LogP contribution in [0.15, 0.2) is 60.2 Å². The molecular weight excluding hydrogens is 569 g/mol. The fourth-order valence-electron chi connectivity index (χ4n) is 1.05. The molecule has 8 heteroatoms.